The van der Waals surface area contributed by atoms with Crippen molar-refractivity contribution in [3.8, 4) is 0 Å². The maximum atomic E-state index is 13.6. The highest BCUT2D eigenvalue weighted by molar-refractivity contribution is 7.94. The molecule has 0 bridgehead atoms. The van der Waals surface area contributed by atoms with Gasteiger partial charge in [-0.2, -0.15) is 26.3 Å². The van der Waals surface area contributed by atoms with E-state index in [1.54, 1.807) is 4.31 Å². The number of hydrogen-bond acceptors (Lipinski definition) is 6. The number of carbonyl (C=O) groups is 2. The summed E-state index contributed by atoms with van der Waals surface area (Å²) in [6, 6.07) is 11.9. The van der Waals surface area contributed by atoms with Gasteiger partial charge >= 0.3 is 24.3 Å². The number of sulfonamides is 1. The van der Waals surface area contributed by atoms with Crippen molar-refractivity contribution in [2.45, 2.75) is 50.3 Å². The Balaban J connectivity index is 0.000000349. The Morgan fingerprint density at radius 2 is 1.39 bits per heavy atom. The molecule has 2 aromatic rings. The van der Waals surface area contributed by atoms with Crippen LogP contribution in [0.15, 0.2) is 48.8 Å². The van der Waals surface area contributed by atoms with Crippen LogP contribution in [0.4, 0.5) is 32.0 Å². The number of alkyl halides is 6. The summed E-state index contributed by atoms with van der Waals surface area (Å²) < 4.78 is 91.6. The van der Waals surface area contributed by atoms with E-state index < -0.39 is 39.1 Å². The number of pyridine rings is 1. The first-order chi connectivity index (χ1) is 18.8. The van der Waals surface area contributed by atoms with E-state index in [0.717, 1.165) is 30.9 Å². The molecule has 0 unspecified atom stereocenters. The van der Waals surface area contributed by atoms with Gasteiger partial charge in [-0.1, -0.05) is 32.0 Å². The van der Waals surface area contributed by atoms with Gasteiger partial charge in [0.2, 0.25) is 10.0 Å². The number of halogens is 6. The van der Waals surface area contributed by atoms with E-state index in [4.69, 9.17) is 19.8 Å². The first-order valence-electron chi connectivity index (χ1n) is 12.2. The highest BCUT2D eigenvalue weighted by atomic mass is 32.2. The molecule has 2 aliphatic rings. The van der Waals surface area contributed by atoms with Crippen LogP contribution >= 0.6 is 0 Å². The topological polar surface area (TPSA) is 128 Å². The molecule has 2 aliphatic heterocycles. The molecule has 0 aliphatic carbocycles. The van der Waals surface area contributed by atoms with Gasteiger partial charge in [-0.25, -0.2) is 18.0 Å². The Hall–Kier alpha value is -3.40. The Morgan fingerprint density at radius 3 is 1.83 bits per heavy atom. The molecule has 4 rings (SSSR count). The number of piperidine rings is 1. The summed E-state index contributed by atoms with van der Waals surface area (Å²) in [6.45, 7) is 7.09. The number of nitrogens with zero attached hydrogens (tertiary/aromatic N) is 3. The Bertz CT molecular complexity index is 1270. The maximum absolute atomic E-state index is 13.6. The Morgan fingerprint density at radius 1 is 0.927 bits per heavy atom. The third-order valence-electron chi connectivity index (χ3n) is 6.28. The quantitative estimate of drug-likeness (QED) is 0.478. The van der Waals surface area contributed by atoms with E-state index in [1.807, 2.05) is 48.8 Å². The summed E-state index contributed by atoms with van der Waals surface area (Å²) in [5.41, 5.74) is 3.10. The molecule has 16 heteroatoms. The number of hydrogen-bond donors (Lipinski definition) is 2. The van der Waals surface area contributed by atoms with Gasteiger partial charge in [0.05, 0.1) is 5.69 Å². The van der Waals surface area contributed by atoms with Crippen molar-refractivity contribution in [3.63, 3.8) is 0 Å². The smallest absolute Gasteiger partial charge is 0.475 e. The van der Waals surface area contributed by atoms with Crippen LogP contribution < -0.4 is 4.31 Å². The fourth-order valence-corrected chi connectivity index (χ4v) is 6.91. The fourth-order valence-electron chi connectivity index (χ4n) is 4.43. The lowest BCUT2D eigenvalue weighted by Gasteiger charge is -2.39. The number of anilines is 1. The molecular formula is C25H29F6N3O6S. The molecule has 1 fully saturated rings. The largest absolute Gasteiger partial charge is 0.490 e. The van der Waals surface area contributed by atoms with Crippen LogP contribution in [0.5, 0.6) is 0 Å². The number of aliphatic carboxylic acids is 2. The SMILES string of the molecule is CC(C)CN1c2ccccc2C2(CCN(Cc3ccncc3)CC2)S1(=O)=O.O=C(O)C(F)(F)F.O=C(O)C(F)(F)F. The van der Waals surface area contributed by atoms with Crippen LogP contribution in [0.3, 0.4) is 0 Å². The van der Waals surface area contributed by atoms with Gasteiger partial charge in [-0.15, -0.1) is 0 Å². The average Bonchev–Trinajstić information content (AvgIpc) is 3.04. The predicted octanol–water partition coefficient (Wildman–Crippen LogP) is 4.65. The molecule has 1 aromatic carbocycles. The average molecular weight is 614 g/mol. The molecule has 1 spiro atoms. The number of carboxylic acids is 2. The molecule has 0 amide bonds. The summed E-state index contributed by atoms with van der Waals surface area (Å²) in [5, 5.41) is 14.2. The predicted molar refractivity (Wildman–Crippen MR) is 135 cm³/mol. The monoisotopic (exact) mass is 613 g/mol. The molecule has 2 N–H and O–H groups in total. The zero-order valence-corrected chi connectivity index (χ0v) is 22.8. The number of likely N-dealkylation sites (tertiary alicyclic amines) is 1. The minimum Gasteiger partial charge on any atom is -0.475 e. The van der Waals surface area contributed by atoms with Gasteiger partial charge in [0, 0.05) is 38.6 Å². The zero-order chi connectivity index (χ0) is 31.2. The third kappa shape index (κ3) is 8.31. The number of para-hydroxylation sites is 1. The highest BCUT2D eigenvalue weighted by Crippen LogP contribution is 2.52. The number of fused-ring (bicyclic) bond motifs is 2. The number of rotatable bonds is 4. The summed E-state index contributed by atoms with van der Waals surface area (Å²) in [7, 11) is -3.40. The first kappa shape index (κ1) is 33.8. The van der Waals surface area contributed by atoms with Gasteiger partial charge in [-0.3, -0.25) is 14.2 Å². The van der Waals surface area contributed by atoms with Crippen molar-refractivity contribution in [2.75, 3.05) is 23.9 Å². The van der Waals surface area contributed by atoms with Crippen LogP contribution in [0.1, 0.15) is 37.8 Å². The lowest BCUT2D eigenvalue weighted by Crippen LogP contribution is -2.48. The molecule has 0 radical (unpaired) electrons. The number of carboxylic acid groups (broad SMARTS) is 2. The van der Waals surface area contributed by atoms with Gasteiger partial charge in [0.15, 0.2) is 0 Å². The van der Waals surface area contributed by atoms with Gasteiger partial charge in [0.25, 0.3) is 0 Å². The molecule has 1 saturated heterocycles. The molecule has 41 heavy (non-hydrogen) atoms. The second-order valence-electron chi connectivity index (χ2n) is 9.68. The first-order valence-corrected chi connectivity index (χ1v) is 13.6. The van der Waals surface area contributed by atoms with Crippen molar-refractivity contribution in [2.24, 2.45) is 5.92 Å². The molecular weight excluding hydrogens is 584 g/mol. The summed E-state index contributed by atoms with van der Waals surface area (Å²) in [5.74, 6) is -5.23. The fraction of sp³-hybridized carbons (Fsp3) is 0.480. The van der Waals surface area contributed by atoms with E-state index in [9.17, 15) is 34.8 Å². The number of aromatic nitrogens is 1. The van der Waals surface area contributed by atoms with Crippen LogP contribution in [-0.4, -0.2) is 72.4 Å². The molecule has 0 saturated carbocycles. The molecule has 0 atom stereocenters. The standard InChI is InChI=1S/C21H27N3O2S.2C2HF3O2/c1-17(2)15-24-20-6-4-3-5-19(20)21(27(24,25)26)9-13-23(14-10-21)16-18-7-11-22-12-8-18;2*3-2(4,5)1(6)7/h3-8,11-12,17H,9-10,13-16H2,1-2H3;2*(H,6,7). The Kier molecular flexibility index (Phi) is 10.8. The second kappa shape index (κ2) is 13.1. The van der Waals surface area contributed by atoms with E-state index in [-0.39, 0.29) is 5.92 Å². The minimum atomic E-state index is -5.08. The van der Waals surface area contributed by atoms with E-state index in [1.165, 1.54) is 5.56 Å². The zero-order valence-electron chi connectivity index (χ0n) is 22.0. The van der Waals surface area contributed by atoms with Gasteiger partial charge < -0.3 is 10.2 Å². The molecule has 3 heterocycles. The van der Waals surface area contributed by atoms with E-state index in [0.29, 0.717) is 19.4 Å². The van der Waals surface area contributed by atoms with Crippen LogP contribution in [0.25, 0.3) is 0 Å². The number of benzene rings is 1. The lowest BCUT2D eigenvalue weighted by molar-refractivity contribution is -0.193. The summed E-state index contributed by atoms with van der Waals surface area (Å²) in [4.78, 5) is 24.2. The maximum Gasteiger partial charge on any atom is 0.490 e. The van der Waals surface area contributed by atoms with Crippen LogP contribution in [-0.2, 0) is 30.9 Å². The van der Waals surface area contributed by atoms with Crippen molar-refractivity contribution < 1.29 is 54.6 Å². The molecule has 228 valence electrons. The second-order valence-corrected chi connectivity index (χ2v) is 11.9. The van der Waals surface area contributed by atoms with E-state index in [2.05, 4.69) is 23.7 Å². The third-order valence-corrected chi connectivity index (χ3v) is 8.82. The minimum absolute atomic E-state index is 0.287. The highest BCUT2D eigenvalue weighted by Gasteiger charge is 2.56. The van der Waals surface area contributed by atoms with Crippen molar-refractivity contribution >= 4 is 27.6 Å². The summed E-state index contributed by atoms with van der Waals surface area (Å²) >= 11 is 0. The van der Waals surface area contributed by atoms with Gasteiger partial charge in [-0.05, 0) is 48.1 Å². The van der Waals surface area contributed by atoms with E-state index >= 15 is 0 Å². The van der Waals surface area contributed by atoms with Crippen molar-refractivity contribution in [1.29, 1.82) is 0 Å². The lowest BCUT2D eigenvalue weighted by atomic mass is 9.87. The normalized spacial score (nSPS) is 17.6. The van der Waals surface area contributed by atoms with Crippen molar-refractivity contribution in [1.82, 2.24) is 9.88 Å². The van der Waals surface area contributed by atoms with Crippen molar-refractivity contribution in [3.05, 3.63) is 59.9 Å². The van der Waals surface area contributed by atoms with Crippen LogP contribution in [0.2, 0.25) is 0 Å². The van der Waals surface area contributed by atoms with Gasteiger partial charge in [0.1, 0.15) is 4.75 Å². The Labute approximate surface area is 232 Å². The summed E-state index contributed by atoms with van der Waals surface area (Å²) in [6.07, 6.45) is -5.26. The van der Waals surface area contributed by atoms with Crippen LogP contribution in [0, 0.1) is 5.92 Å². The molecule has 9 nitrogen and oxygen atoms in total. The molecule has 1 aromatic heterocycles.